The molecule has 1 heterocycles. The van der Waals surface area contributed by atoms with Gasteiger partial charge < -0.3 is 9.64 Å². The van der Waals surface area contributed by atoms with Gasteiger partial charge in [-0.2, -0.15) is 0 Å². The van der Waals surface area contributed by atoms with E-state index >= 15 is 0 Å². The summed E-state index contributed by atoms with van der Waals surface area (Å²) in [7, 11) is 1.56. The summed E-state index contributed by atoms with van der Waals surface area (Å²) >= 11 is 0. The zero-order chi connectivity index (χ0) is 27.2. The van der Waals surface area contributed by atoms with Gasteiger partial charge in [-0.05, 0) is 50.1 Å². The van der Waals surface area contributed by atoms with Gasteiger partial charge in [-0.25, -0.2) is 4.98 Å². The average molecular weight is 511 g/mol. The van der Waals surface area contributed by atoms with E-state index in [1.165, 1.54) is 0 Å². The fourth-order valence-electron chi connectivity index (χ4n) is 4.17. The summed E-state index contributed by atoms with van der Waals surface area (Å²) in [6.45, 7) is 8.43. The third-order valence-corrected chi connectivity index (χ3v) is 6.14. The predicted molar refractivity (Wildman–Crippen MR) is 151 cm³/mol. The number of imidazole rings is 1. The van der Waals surface area contributed by atoms with Crippen molar-refractivity contribution in [3.63, 3.8) is 0 Å². The lowest BCUT2D eigenvalue weighted by Gasteiger charge is -2.24. The summed E-state index contributed by atoms with van der Waals surface area (Å²) in [5.74, 6) is 0.618. The van der Waals surface area contributed by atoms with E-state index in [9.17, 15) is 9.59 Å². The van der Waals surface area contributed by atoms with Gasteiger partial charge in [0.25, 0.3) is 5.91 Å². The van der Waals surface area contributed by atoms with Gasteiger partial charge >= 0.3 is 0 Å². The van der Waals surface area contributed by atoms with Crippen LogP contribution in [0.15, 0.2) is 79.0 Å². The molecular weight excluding hydrogens is 476 g/mol. The molecule has 1 aromatic heterocycles. The quantitative estimate of drug-likeness (QED) is 0.304. The smallest absolute Gasteiger partial charge is 0.254 e. The summed E-state index contributed by atoms with van der Waals surface area (Å²) in [6.07, 6.45) is 1.91. The van der Waals surface area contributed by atoms with Crippen molar-refractivity contribution >= 4 is 17.8 Å². The third kappa shape index (κ3) is 6.48. The molecule has 2 amide bonds. The Balaban J connectivity index is 1.61. The number of amides is 2. The zero-order valence-corrected chi connectivity index (χ0v) is 22.6. The van der Waals surface area contributed by atoms with Crippen LogP contribution in [0.5, 0.6) is 5.75 Å². The van der Waals surface area contributed by atoms with Gasteiger partial charge in [-0.1, -0.05) is 67.4 Å². The molecule has 0 spiro atoms. The number of aromatic nitrogens is 2. The van der Waals surface area contributed by atoms with Crippen LogP contribution in [0.2, 0.25) is 0 Å². The van der Waals surface area contributed by atoms with Crippen molar-refractivity contribution < 1.29 is 14.3 Å². The molecule has 0 unspecified atom stereocenters. The number of aryl methyl sites for hydroxylation is 2. The second kappa shape index (κ2) is 11.8. The molecule has 0 saturated carbocycles. The lowest BCUT2D eigenvalue weighted by Crippen LogP contribution is -2.40. The highest BCUT2D eigenvalue weighted by molar-refractivity contribution is 5.99. The Morgan fingerprint density at radius 2 is 1.63 bits per heavy atom. The number of rotatable bonds is 9. The van der Waals surface area contributed by atoms with Crippen LogP contribution >= 0.6 is 0 Å². The first-order valence-electron chi connectivity index (χ1n) is 12.7. The topological polar surface area (TPSA) is 76.5 Å². The van der Waals surface area contributed by atoms with Crippen LogP contribution in [-0.2, 0) is 4.79 Å². The second-order valence-electron chi connectivity index (χ2n) is 9.88. The molecule has 7 nitrogen and oxygen atoms in total. The van der Waals surface area contributed by atoms with Gasteiger partial charge in [-0.15, -0.1) is 0 Å². The number of anilines is 1. The molecule has 3 aromatic carbocycles. The van der Waals surface area contributed by atoms with Crippen molar-refractivity contribution in [2.75, 3.05) is 25.5 Å². The van der Waals surface area contributed by atoms with Gasteiger partial charge in [-0.3, -0.25) is 19.5 Å². The van der Waals surface area contributed by atoms with E-state index in [0.29, 0.717) is 23.8 Å². The van der Waals surface area contributed by atoms with Crippen molar-refractivity contribution in [2.45, 2.75) is 27.7 Å². The molecule has 38 heavy (non-hydrogen) atoms. The average Bonchev–Trinajstić information content (AvgIpc) is 3.31. The lowest BCUT2D eigenvalue weighted by molar-refractivity contribution is -0.117. The number of ether oxygens (including phenoxy) is 1. The third-order valence-electron chi connectivity index (χ3n) is 6.14. The summed E-state index contributed by atoms with van der Waals surface area (Å²) in [6, 6.07) is 23.1. The first-order chi connectivity index (χ1) is 18.2. The molecular formula is C31H34N4O3. The van der Waals surface area contributed by atoms with Crippen molar-refractivity contribution in [1.82, 2.24) is 14.5 Å². The number of methoxy groups -OCH3 is 1. The van der Waals surface area contributed by atoms with Crippen molar-refractivity contribution in [3.05, 3.63) is 95.7 Å². The zero-order valence-electron chi connectivity index (χ0n) is 22.6. The number of carbonyl (C=O) groups excluding carboxylic acids is 2. The molecule has 0 radical (unpaired) electrons. The molecule has 196 valence electrons. The number of carbonyl (C=O) groups is 2. The summed E-state index contributed by atoms with van der Waals surface area (Å²) in [4.78, 5) is 33.0. The predicted octanol–water partition coefficient (Wildman–Crippen LogP) is 5.90. The van der Waals surface area contributed by atoms with E-state index in [4.69, 9.17) is 9.72 Å². The molecule has 4 aromatic rings. The Morgan fingerprint density at radius 1 is 0.974 bits per heavy atom. The number of benzene rings is 3. The van der Waals surface area contributed by atoms with Gasteiger partial charge in [0, 0.05) is 29.6 Å². The number of hydrogen-bond donors (Lipinski definition) is 1. The van der Waals surface area contributed by atoms with Crippen LogP contribution in [0.1, 0.15) is 35.3 Å². The molecule has 0 atom stereocenters. The maximum atomic E-state index is 13.3. The molecule has 1 N–H and O–H groups in total. The largest absolute Gasteiger partial charge is 0.497 e. The van der Waals surface area contributed by atoms with Gasteiger partial charge in [0.05, 0.1) is 12.8 Å². The van der Waals surface area contributed by atoms with E-state index < -0.39 is 0 Å². The fraction of sp³-hybridized carbons (Fsp3) is 0.258. The standard InChI is InChI=1S/C31H34N4O3/c1-21(2)18-34(30(37)25-7-6-8-27(17-25)38-5)20-29(36)33-31-32-28(24-13-9-22(3)10-14-24)19-35(31)26-15-11-23(4)12-16-26/h6-17,19,21H,18,20H2,1-5H3,(H,32,33,36). The fourth-order valence-corrected chi connectivity index (χ4v) is 4.17. The minimum Gasteiger partial charge on any atom is -0.497 e. The van der Waals surface area contributed by atoms with E-state index in [1.54, 1.807) is 36.3 Å². The van der Waals surface area contributed by atoms with Crippen LogP contribution < -0.4 is 10.1 Å². The molecule has 0 aliphatic rings. The summed E-state index contributed by atoms with van der Waals surface area (Å²) < 4.78 is 7.14. The van der Waals surface area contributed by atoms with Crippen LogP contribution in [-0.4, -0.2) is 46.5 Å². The summed E-state index contributed by atoms with van der Waals surface area (Å²) in [5, 5.41) is 2.95. The highest BCUT2D eigenvalue weighted by atomic mass is 16.5. The van der Waals surface area contributed by atoms with Crippen LogP contribution in [0.4, 0.5) is 5.95 Å². The van der Waals surface area contributed by atoms with Crippen molar-refractivity contribution in [2.24, 2.45) is 5.92 Å². The maximum absolute atomic E-state index is 13.3. The van der Waals surface area contributed by atoms with Crippen molar-refractivity contribution in [3.8, 4) is 22.7 Å². The van der Waals surface area contributed by atoms with Gasteiger partial charge in [0.15, 0.2) is 0 Å². The van der Waals surface area contributed by atoms with E-state index in [1.807, 2.05) is 87.0 Å². The Bertz CT molecular complexity index is 1410. The minimum atomic E-state index is -0.323. The molecule has 0 saturated heterocycles. The van der Waals surface area contributed by atoms with Crippen LogP contribution in [0, 0.1) is 19.8 Å². The highest BCUT2D eigenvalue weighted by Gasteiger charge is 2.22. The van der Waals surface area contributed by atoms with E-state index in [-0.39, 0.29) is 24.3 Å². The van der Waals surface area contributed by atoms with Crippen LogP contribution in [0.3, 0.4) is 0 Å². The monoisotopic (exact) mass is 510 g/mol. The number of hydrogen-bond acceptors (Lipinski definition) is 4. The van der Waals surface area contributed by atoms with Crippen LogP contribution in [0.25, 0.3) is 16.9 Å². The van der Waals surface area contributed by atoms with E-state index in [0.717, 1.165) is 28.1 Å². The Morgan fingerprint density at radius 3 is 2.26 bits per heavy atom. The lowest BCUT2D eigenvalue weighted by atomic mass is 10.1. The molecule has 7 heteroatoms. The Kier molecular flexibility index (Phi) is 8.26. The Labute approximate surface area is 224 Å². The van der Waals surface area contributed by atoms with Gasteiger partial charge in [0.2, 0.25) is 11.9 Å². The number of nitrogens with one attached hydrogen (secondary N) is 1. The SMILES string of the molecule is COc1cccc(C(=O)N(CC(=O)Nc2nc(-c3ccc(C)cc3)cn2-c2ccc(C)cc2)CC(C)C)c1. The number of nitrogens with zero attached hydrogens (tertiary/aromatic N) is 3. The highest BCUT2D eigenvalue weighted by Crippen LogP contribution is 2.25. The molecule has 0 aliphatic carbocycles. The molecule has 0 fully saturated rings. The first kappa shape index (κ1) is 26.7. The Hall–Kier alpha value is -4.39. The first-order valence-corrected chi connectivity index (χ1v) is 12.7. The minimum absolute atomic E-state index is 0.102. The molecule has 4 rings (SSSR count). The summed E-state index contributed by atoms with van der Waals surface area (Å²) in [5.41, 5.74) is 5.34. The van der Waals surface area contributed by atoms with Gasteiger partial charge in [0.1, 0.15) is 12.3 Å². The van der Waals surface area contributed by atoms with Crippen molar-refractivity contribution in [1.29, 1.82) is 0 Å². The second-order valence-corrected chi connectivity index (χ2v) is 9.88. The van der Waals surface area contributed by atoms with E-state index in [2.05, 4.69) is 5.32 Å². The normalized spacial score (nSPS) is 10.9. The molecule has 0 bridgehead atoms. The maximum Gasteiger partial charge on any atom is 0.254 e. The molecule has 0 aliphatic heterocycles.